The minimum Gasteiger partial charge on any atom is -0.418 e. The fraction of sp³-hybridized carbons (Fsp3) is 0.400. The van der Waals surface area contributed by atoms with E-state index in [1.165, 1.54) is 0 Å². The lowest BCUT2D eigenvalue weighted by Crippen LogP contribution is -2.02. The summed E-state index contributed by atoms with van der Waals surface area (Å²) < 4.78 is 40.8. The van der Waals surface area contributed by atoms with Crippen molar-refractivity contribution in [1.82, 2.24) is 9.55 Å². The summed E-state index contributed by atoms with van der Waals surface area (Å²) in [5.41, 5.74) is 0. The number of aliphatic hydroxyl groups excluding tert-OH is 1. The first-order valence-electron chi connectivity index (χ1n) is 3.37. The highest BCUT2D eigenvalue weighted by Gasteiger charge is 2.20. The Morgan fingerprint density at radius 3 is 2.15 bits per heavy atom. The van der Waals surface area contributed by atoms with Gasteiger partial charge in [0.25, 0.3) is 0 Å². The van der Waals surface area contributed by atoms with Gasteiger partial charge in [0.1, 0.15) is 0 Å². The van der Waals surface area contributed by atoms with Gasteiger partial charge in [0.15, 0.2) is 0 Å². The van der Waals surface area contributed by atoms with Gasteiger partial charge in [-0.25, -0.2) is 4.98 Å². The van der Waals surface area contributed by atoms with Gasteiger partial charge in [-0.3, -0.25) is 0 Å². The van der Waals surface area contributed by atoms with Gasteiger partial charge in [-0.1, -0.05) is 0 Å². The maximum Gasteiger partial charge on any atom is 0.673 e. The normalized spacial score (nSPS) is 10.5. The molecule has 76 valence electrons. The van der Waals surface area contributed by atoms with Gasteiger partial charge < -0.3 is 26.9 Å². The van der Waals surface area contributed by atoms with Crippen molar-refractivity contribution in [2.24, 2.45) is 0 Å². The van der Waals surface area contributed by atoms with Crippen LogP contribution in [-0.2, 0) is 6.54 Å². The van der Waals surface area contributed by atoms with E-state index >= 15 is 0 Å². The third kappa shape index (κ3) is 11.0. The first kappa shape index (κ1) is 12.0. The van der Waals surface area contributed by atoms with Crippen molar-refractivity contribution in [3.63, 3.8) is 0 Å². The van der Waals surface area contributed by atoms with Gasteiger partial charge in [0, 0.05) is 18.9 Å². The monoisotopic (exact) mass is 199 g/mol. The lowest BCUT2D eigenvalue weighted by Gasteiger charge is -1.94. The van der Waals surface area contributed by atoms with Gasteiger partial charge in [-0.05, 0) is 0 Å². The molecule has 0 aliphatic rings. The lowest BCUT2D eigenvalue weighted by molar-refractivity contribution is 0.276. The maximum atomic E-state index is 9.75. The molecule has 0 aromatic carbocycles. The molecule has 3 nitrogen and oxygen atoms in total. The average molecular weight is 199 g/mol. The Labute approximate surface area is 72.1 Å². The van der Waals surface area contributed by atoms with Crippen molar-refractivity contribution in [2.45, 2.75) is 6.54 Å². The summed E-state index contributed by atoms with van der Waals surface area (Å²) in [5.74, 6) is 0. The largest absolute Gasteiger partial charge is 0.673 e. The van der Waals surface area contributed by atoms with E-state index in [2.05, 4.69) is 4.98 Å². The maximum absolute atomic E-state index is 9.75. The number of aromatic nitrogens is 2. The second-order valence-corrected chi connectivity index (χ2v) is 2.02. The number of halogens is 4. The van der Waals surface area contributed by atoms with Crippen LogP contribution in [0.15, 0.2) is 18.7 Å². The van der Waals surface area contributed by atoms with Crippen molar-refractivity contribution in [2.75, 3.05) is 6.61 Å². The molecule has 0 saturated carbocycles. The van der Waals surface area contributed by atoms with Crippen LogP contribution in [0.1, 0.15) is 0 Å². The number of hydrogen-bond acceptors (Lipinski definition) is 2. The molecule has 0 bridgehead atoms. The zero-order chi connectivity index (χ0) is 10.3. The smallest absolute Gasteiger partial charge is 0.418 e. The Hall–Kier alpha value is -1.05. The predicted molar refractivity (Wildman–Crippen MR) is 39.5 cm³/mol. The van der Waals surface area contributed by atoms with E-state index < -0.39 is 7.25 Å². The first-order valence-corrected chi connectivity index (χ1v) is 3.37. The molecule has 0 fully saturated rings. The molecule has 1 heterocycles. The van der Waals surface area contributed by atoms with Crippen LogP contribution >= 0.6 is 0 Å². The second kappa shape index (κ2) is 5.57. The summed E-state index contributed by atoms with van der Waals surface area (Å²) >= 11 is 0. The summed E-state index contributed by atoms with van der Waals surface area (Å²) in [6.07, 6.45) is 5.18. The van der Waals surface area contributed by atoms with Crippen LogP contribution in [0.4, 0.5) is 17.3 Å². The molecule has 0 aliphatic heterocycles. The average Bonchev–Trinajstić information content (AvgIpc) is 2.36. The number of aliphatic hydroxyl groups is 1. The zero-order valence-corrected chi connectivity index (χ0v) is 6.58. The molecular weight excluding hydrogens is 191 g/mol. The second-order valence-electron chi connectivity index (χ2n) is 2.02. The quantitative estimate of drug-likeness (QED) is 0.573. The molecule has 0 spiro atoms. The molecule has 13 heavy (non-hydrogen) atoms. The van der Waals surface area contributed by atoms with Crippen LogP contribution in [0.3, 0.4) is 0 Å². The molecule has 1 rings (SSSR count). The topological polar surface area (TPSA) is 38.0 Å². The van der Waals surface area contributed by atoms with Crippen molar-refractivity contribution >= 4 is 7.25 Å². The van der Waals surface area contributed by atoms with Gasteiger partial charge in [-0.15, -0.1) is 0 Å². The summed E-state index contributed by atoms with van der Waals surface area (Å²) in [5, 5.41) is 8.39. The number of imidazole rings is 1. The van der Waals surface area contributed by atoms with Gasteiger partial charge in [0.05, 0.1) is 12.9 Å². The number of hydrogen-bond donors (Lipinski definition) is 1. The Morgan fingerprint density at radius 1 is 1.31 bits per heavy atom. The van der Waals surface area contributed by atoms with E-state index in [1.54, 1.807) is 12.5 Å². The van der Waals surface area contributed by atoms with E-state index in [0.717, 1.165) is 0 Å². The molecule has 0 saturated heterocycles. The van der Waals surface area contributed by atoms with Crippen LogP contribution < -0.4 is 0 Å². The first-order chi connectivity index (χ1) is 5.93. The molecule has 8 heteroatoms. The molecule has 1 aromatic heterocycles. The van der Waals surface area contributed by atoms with Crippen LogP contribution in [-0.4, -0.2) is 28.5 Å². The fourth-order valence-electron chi connectivity index (χ4n) is 0.534. The summed E-state index contributed by atoms with van der Waals surface area (Å²) in [6.45, 7) is 0.816. The summed E-state index contributed by atoms with van der Waals surface area (Å²) in [7, 11) is -6.00. The van der Waals surface area contributed by atoms with Crippen molar-refractivity contribution in [3.8, 4) is 0 Å². The van der Waals surface area contributed by atoms with Crippen LogP contribution in [0.2, 0.25) is 0 Å². The van der Waals surface area contributed by atoms with E-state index in [4.69, 9.17) is 5.11 Å². The van der Waals surface area contributed by atoms with Crippen molar-refractivity contribution in [1.29, 1.82) is 0 Å². The Bertz CT molecular complexity index is 207. The number of nitrogens with zero attached hydrogens (tertiary/aromatic N) is 2. The minimum atomic E-state index is -6.00. The van der Waals surface area contributed by atoms with E-state index in [9.17, 15) is 17.3 Å². The van der Waals surface area contributed by atoms with Crippen molar-refractivity contribution < 1.29 is 22.4 Å². The van der Waals surface area contributed by atoms with Crippen LogP contribution in [0.25, 0.3) is 0 Å². The summed E-state index contributed by atoms with van der Waals surface area (Å²) in [6, 6.07) is 0. The lowest BCUT2D eigenvalue weighted by atomic mass is 10.3. The molecule has 1 N–H and O–H groups in total. The standard InChI is InChI=1S/C5H8N2O.BF4/c8-4-3-7-2-1-6-5-7;2-1(3,4)5/h1-2,5,8H,3-4H2;/q;-1. The van der Waals surface area contributed by atoms with E-state index in [0.29, 0.717) is 6.54 Å². The molecule has 0 atom stereocenters. The van der Waals surface area contributed by atoms with Gasteiger partial charge in [-0.2, -0.15) is 0 Å². The highest BCUT2D eigenvalue weighted by molar-refractivity contribution is 6.50. The van der Waals surface area contributed by atoms with Crippen LogP contribution in [0.5, 0.6) is 0 Å². The van der Waals surface area contributed by atoms with Gasteiger partial charge in [0.2, 0.25) is 0 Å². The highest BCUT2D eigenvalue weighted by atomic mass is 19.5. The molecule has 0 unspecified atom stereocenters. The fourth-order valence-corrected chi connectivity index (χ4v) is 0.534. The molecule has 0 amide bonds. The molecule has 1 aromatic rings. The van der Waals surface area contributed by atoms with E-state index in [-0.39, 0.29) is 6.61 Å². The molecule has 0 radical (unpaired) electrons. The molecule has 0 aliphatic carbocycles. The third-order valence-corrected chi connectivity index (χ3v) is 0.917. The van der Waals surface area contributed by atoms with Crippen molar-refractivity contribution in [3.05, 3.63) is 18.7 Å². The third-order valence-electron chi connectivity index (χ3n) is 0.917. The Balaban J connectivity index is 0.000000252. The highest BCUT2D eigenvalue weighted by Crippen LogP contribution is 2.06. The van der Waals surface area contributed by atoms with E-state index in [1.807, 2.05) is 10.8 Å². The Morgan fingerprint density at radius 2 is 1.85 bits per heavy atom. The number of rotatable bonds is 2. The van der Waals surface area contributed by atoms with Crippen LogP contribution in [0, 0.1) is 0 Å². The SMILES string of the molecule is F[B-](F)(F)F.OCCn1ccnc1. The zero-order valence-electron chi connectivity index (χ0n) is 6.58. The Kier molecular flexibility index (Phi) is 5.13. The molecular formula is C5H8BF4N2O-. The predicted octanol–water partition coefficient (Wildman–Crippen LogP) is 1.18. The van der Waals surface area contributed by atoms with Gasteiger partial charge >= 0.3 is 7.25 Å². The minimum absolute atomic E-state index is 0.177. The summed E-state index contributed by atoms with van der Waals surface area (Å²) in [4.78, 5) is 3.79.